The van der Waals surface area contributed by atoms with Crippen LogP contribution in [0.2, 0.25) is 0 Å². The van der Waals surface area contributed by atoms with Gasteiger partial charge in [0.1, 0.15) is 0 Å². The molecule has 0 fully saturated rings. The van der Waals surface area contributed by atoms with Crippen LogP contribution >= 0.6 is 22.7 Å². The van der Waals surface area contributed by atoms with Gasteiger partial charge in [0.15, 0.2) is 0 Å². The summed E-state index contributed by atoms with van der Waals surface area (Å²) in [6.45, 7) is 0. The molecule has 0 atom stereocenters. The van der Waals surface area contributed by atoms with Crippen molar-refractivity contribution in [3.8, 4) is 20.9 Å². The molecule has 38 heavy (non-hydrogen) atoms. The summed E-state index contributed by atoms with van der Waals surface area (Å²) in [5.74, 6) is 0. The molecule has 0 radical (unpaired) electrons. The highest BCUT2D eigenvalue weighted by Gasteiger charge is 2.20. The van der Waals surface area contributed by atoms with Crippen LogP contribution in [0.1, 0.15) is 0 Å². The molecule has 3 heteroatoms. The molecule has 0 aliphatic heterocycles. The predicted molar refractivity (Wildman–Crippen MR) is 167 cm³/mol. The molecule has 1 heterocycles. The SMILES string of the molecule is O=c1sc(-c2ccc3ccc4cccc5ccc2c3c45)c(-c2ccc3ccc4cccc5ccc2c3c45)s1. The maximum Gasteiger partial charge on any atom is 0.288 e. The molecule has 0 unspecified atom stereocenters. The van der Waals surface area contributed by atoms with Crippen molar-refractivity contribution in [2.45, 2.75) is 0 Å². The Morgan fingerprint density at radius 1 is 0.368 bits per heavy atom. The number of hydrogen-bond donors (Lipinski definition) is 0. The lowest BCUT2D eigenvalue weighted by atomic mass is 9.90. The lowest BCUT2D eigenvalue weighted by Crippen LogP contribution is -1.88. The second-order valence-electron chi connectivity index (χ2n) is 10.1. The van der Waals surface area contributed by atoms with Gasteiger partial charge in [0.2, 0.25) is 0 Å². The summed E-state index contributed by atoms with van der Waals surface area (Å²) in [6.07, 6.45) is 0. The first-order valence-electron chi connectivity index (χ1n) is 12.7. The second-order valence-corrected chi connectivity index (χ2v) is 12.3. The van der Waals surface area contributed by atoms with Gasteiger partial charge in [-0.05, 0) is 64.6 Å². The zero-order valence-electron chi connectivity index (χ0n) is 20.1. The molecular weight excluding hydrogens is 501 g/mol. The smallest absolute Gasteiger partial charge is 0.265 e. The van der Waals surface area contributed by atoms with Crippen LogP contribution in [-0.4, -0.2) is 0 Å². The fourth-order valence-corrected chi connectivity index (χ4v) is 8.73. The quantitative estimate of drug-likeness (QED) is 0.208. The molecule has 0 N–H and O–H groups in total. The van der Waals surface area contributed by atoms with E-state index in [1.165, 1.54) is 87.3 Å². The summed E-state index contributed by atoms with van der Waals surface area (Å²) < 4.78 is 0.131. The van der Waals surface area contributed by atoms with Crippen LogP contribution in [0.5, 0.6) is 0 Å². The predicted octanol–water partition coefficient (Wildman–Crippen LogP) is 10.3. The molecule has 0 aliphatic carbocycles. The van der Waals surface area contributed by atoms with Gasteiger partial charge in [-0.2, -0.15) is 0 Å². The molecule has 0 amide bonds. The van der Waals surface area contributed by atoms with Gasteiger partial charge in [0, 0.05) is 11.1 Å². The molecule has 8 aromatic carbocycles. The molecule has 0 saturated heterocycles. The standard InChI is InChI=1S/C35H18OS2/c36-35-37-33(27-17-13-23-9-7-19-3-1-5-21-11-15-25(27)31(23)29(19)21)34(38-35)28-18-14-24-10-8-20-4-2-6-22-12-16-26(28)32(24)30(20)22/h1-18H. The Kier molecular flexibility index (Phi) is 4.02. The van der Waals surface area contributed by atoms with Crippen molar-refractivity contribution in [3.63, 3.8) is 0 Å². The lowest BCUT2D eigenvalue weighted by molar-refractivity contribution is 1.75. The minimum Gasteiger partial charge on any atom is -0.265 e. The van der Waals surface area contributed by atoms with Crippen molar-refractivity contribution in [1.82, 2.24) is 0 Å². The second kappa shape index (κ2) is 7.38. The number of rotatable bonds is 2. The highest BCUT2D eigenvalue weighted by molar-refractivity contribution is 7.32. The van der Waals surface area contributed by atoms with E-state index >= 15 is 0 Å². The largest absolute Gasteiger partial charge is 0.288 e. The molecule has 0 aliphatic rings. The first-order chi connectivity index (χ1) is 18.7. The minimum atomic E-state index is 0.131. The van der Waals surface area contributed by atoms with Gasteiger partial charge in [-0.3, -0.25) is 4.79 Å². The van der Waals surface area contributed by atoms with Gasteiger partial charge in [0.05, 0.1) is 9.75 Å². The normalized spacial score (nSPS) is 12.3. The Balaban J connectivity index is 1.39. The lowest BCUT2D eigenvalue weighted by Gasteiger charge is -2.16. The minimum absolute atomic E-state index is 0.131. The Bertz CT molecular complexity index is 2220. The van der Waals surface area contributed by atoms with Crippen LogP contribution in [-0.2, 0) is 0 Å². The average Bonchev–Trinajstić information content (AvgIpc) is 3.35. The van der Waals surface area contributed by atoms with E-state index in [2.05, 4.69) is 109 Å². The molecule has 1 aromatic heterocycles. The Hall–Kier alpha value is -4.31. The summed E-state index contributed by atoms with van der Waals surface area (Å²) in [4.78, 5) is 15.2. The summed E-state index contributed by atoms with van der Waals surface area (Å²) in [5.41, 5.74) is 2.28. The first-order valence-corrected chi connectivity index (χ1v) is 14.4. The fourth-order valence-electron chi connectivity index (χ4n) is 6.50. The summed E-state index contributed by atoms with van der Waals surface area (Å²) in [5, 5.41) is 15.1. The van der Waals surface area contributed by atoms with Gasteiger partial charge >= 0.3 is 0 Å². The first kappa shape index (κ1) is 20.7. The van der Waals surface area contributed by atoms with E-state index in [9.17, 15) is 4.79 Å². The third-order valence-corrected chi connectivity index (χ3v) is 10.3. The van der Waals surface area contributed by atoms with Crippen LogP contribution in [0.4, 0.5) is 0 Å². The molecule has 0 spiro atoms. The molecule has 0 saturated carbocycles. The molecule has 9 aromatic rings. The third-order valence-electron chi connectivity index (χ3n) is 8.12. The zero-order valence-corrected chi connectivity index (χ0v) is 21.8. The molecular formula is C35H18OS2. The van der Waals surface area contributed by atoms with Crippen molar-refractivity contribution >= 4 is 87.3 Å². The van der Waals surface area contributed by atoms with Crippen LogP contribution < -0.4 is 4.06 Å². The van der Waals surface area contributed by atoms with Crippen molar-refractivity contribution in [2.75, 3.05) is 0 Å². The monoisotopic (exact) mass is 518 g/mol. The Labute approximate surface area is 225 Å². The van der Waals surface area contributed by atoms with Crippen LogP contribution in [0.3, 0.4) is 0 Å². The van der Waals surface area contributed by atoms with E-state index in [0.717, 1.165) is 20.9 Å². The van der Waals surface area contributed by atoms with E-state index in [1.54, 1.807) is 0 Å². The van der Waals surface area contributed by atoms with Crippen molar-refractivity contribution < 1.29 is 0 Å². The van der Waals surface area contributed by atoms with Crippen molar-refractivity contribution in [1.29, 1.82) is 0 Å². The van der Waals surface area contributed by atoms with Gasteiger partial charge in [-0.1, -0.05) is 132 Å². The fraction of sp³-hybridized carbons (Fsp3) is 0. The third kappa shape index (κ3) is 2.67. The van der Waals surface area contributed by atoms with Gasteiger partial charge < -0.3 is 0 Å². The average molecular weight is 519 g/mol. The summed E-state index contributed by atoms with van der Waals surface area (Å²) in [7, 11) is 0. The maximum atomic E-state index is 13.0. The van der Waals surface area contributed by atoms with Gasteiger partial charge in [0.25, 0.3) is 4.06 Å². The van der Waals surface area contributed by atoms with E-state index in [4.69, 9.17) is 0 Å². The van der Waals surface area contributed by atoms with Crippen LogP contribution in [0, 0.1) is 0 Å². The van der Waals surface area contributed by atoms with E-state index < -0.39 is 0 Å². The van der Waals surface area contributed by atoms with Crippen LogP contribution in [0.15, 0.2) is 114 Å². The highest BCUT2D eigenvalue weighted by atomic mass is 32.2. The summed E-state index contributed by atoms with van der Waals surface area (Å²) >= 11 is 2.75. The number of benzene rings is 8. The maximum absolute atomic E-state index is 13.0. The van der Waals surface area contributed by atoms with Crippen molar-refractivity contribution in [3.05, 3.63) is 118 Å². The molecule has 1 nitrogen and oxygen atoms in total. The van der Waals surface area contributed by atoms with Gasteiger partial charge in [-0.25, -0.2) is 0 Å². The topological polar surface area (TPSA) is 17.1 Å². The summed E-state index contributed by atoms with van der Waals surface area (Å²) in [6, 6.07) is 39.6. The molecule has 176 valence electrons. The van der Waals surface area contributed by atoms with E-state index in [0.29, 0.717) is 0 Å². The zero-order chi connectivity index (χ0) is 25.0. The Morgan fingerprint density at radius 2 is 0.711 bits per heavy atom. The van der Waals surface area contributed by atoms with Crippen molar-refractivity contribution in [2.24, 2.45) is 0 Å². The molecule has 0 bridgehead atoms. The highest BCUT2D eigenvalue weighted by Crippen LogP contribution is 2.47. The van der Waals surface area contributed by atoms with E-state index in [-0.39, 0.29) is 4.06 Å². The molecule has 9 rings (SSSR count). The van der Waals surface area contributed by atoms with E-state index in [1.807, 2.05) is 0 Å². The van der Waals surface area contributed by atoms with Gasteiger partial charge in [-0.15, -0.1) is 0 Å². The number of hydrogen-bond acceptors (Lipinski definition) is 3. The Morgan fingerprint density at radius 3 is 1.13 bits per heavy atom. The van der Waals surface area contributed by atoms with Crippen LogP contribution in [0.25, 0.3) is 85.5 Å².